The summed E-state index contributed by atoms with van der Waals surface area (Å²) < 4.78 is 1.01. The number of carboxylic acid groups (broad SMARTS) is 1. The van der Waals surface area contributed by atoms with Crippen molar-refractivity contribution in [2.24, 2.45) is 0 Å². The molecule has 92 valence electrons. The largest absolute Gasteiger partial charge is 0.477 e. The fourth-order valence-corrected chi connectivity index (χ4v) is 2.96. The van der Waals surface area contributed by atoms with Crippen LogP contribution in [0, 0.1) is 0 Å². The zero-order valence-corrected chi connectivity index (χ0v) is 11.7. The Balaban J connectivity index is 2.13. The Morgan fingerprint density at radius 1 is 1.33 bits per heavy atom. The standard InChI is InChI=1S/C13H10BrNO2S/c14-10-4-1-5-11(7-10)18-8-9-3-2-6-15-12(9)13(16)17/h1-7H,8H2,(H,16,17). The van der Waals surface area contributed by atoms with Crippen LogP contribution in [0.15, 0.2) is 52.0 Å². The number of thioether (sulfide) groups is 1. The van der Waals surface area contributed by atoms with Crippen LogP contribution in [-0.2, 0) is 5.75 Å². The molecule has 0 unspecified atom stereocenters. The van der Waals surface area contributed by atoms with Gasteiger partial charge in [-0.15, -0.1) is 11.8 Å². The van der Waals surface area contributed by atoms with Crippen molar-refractivity contribution >= 4 is 33.7 Å². The van der Waals surface area contributed by atoms with Gasteiger partial charge in [0.1, 0.15) is 0 Å². The van der Waals surface area contributed by atoms with E-state index in [1.807, 2.05) is 24.3 Å². The number of carbonyl (C=O) groups is 1. The number of rotatable bonds is 4. The van der Waals surface area contributed by atoms with Gasteiger partial charge < -0.3 is 5.11 Å². The smallest absolute Gasteiger partial charge is 0.354 e. The molecular weight excluding hydrogens is 314 g/mol. The monoisotopic (exact) mass is 323 g/mol. The van der Waals surface area contributed by atoms with Crippen LogP contribution in [0.3, 0.4) is 0 Å². The fraction of sp³-hybridized carbons (Fsp3) is 0.0769. The number of aromatic nitrogens is 1. The summed E-state index contributed by atoms with van der Waals surface area (Å²) in [4.78, 5) is 16.0. The number of hydrogen-bond acceptors (Lipinski definition) is 3. The predicted octanol–water partition coefficient (Wildman–Crippen LogP) is 3.83. The van der Waals surface area contributed by atoms with Crippen LogP contribution in [0.2, 0.25) is 0 Å². The molecule has 0 amide bonds. The van der Waals surface area contributed by atoms with E-state index in [2.05, 4.69) is 20.9 Å². The van der Waals surface area contributed by atoms with Gasteiger partial charge in [0, 0.05) is 21.3 Å². The highest BCUT2D eigenvalue weighted by molar-refractivity contribution is 9.10. The lowest BCUT2D eigenvalue weighted by Crippen LogP contribution is -2.04. The second-order valence-corrected chi connectivity index (χ2v) is 5.53. The molecule has 18 heavy (non-hydrogen) atoms. The highest BCUT2D eigenvalue weighted by Gasteiger charge is 2.10. The lowest BCUT2D eigenvalue weighted by atomic mass is 10.2. The van der Waals surface area contributed by atoms with E-state index in [1.165, 1.54) is 6.20 Å². The summed E-state index contributed by atoms with van der Waals surface area (Å²) in [7, 11) is 0. The summed E-state index contributed by atoms with van der Waals surface area (Å²) in [5, 5.41) is 9.03. The third kappa shape index (κ3) is 3.34. The summed E-state index contributed by atoms with van der Waals surface area (Å²) in [6.07, 6.45) is 1.50. The van der Waals surface area contributed by atoms with Crippen molar-refractivity contribution in [2.75, 3.05) is 0 Å². The van der Waals surface area contributed by atoms with Gasteiger partial charge in [0.25, 0.3) is 0 Å². The zero-order chi connectivity index (χ0) is 13.0. The predicted molar refractivity (Wildman–Crippen MR) is 74.9 cm³/mol. The van der Waals surface area contributed by atoms with Crippen LogP contribution in [0.25, 0.3) is 0 Å². The molecule has 5 heteroatoms. The van der Waals surface area contributed by atoms with E-state index >= 15 is 0 Å². The maximum Gasteiger partial charge on any atom is 0.354 e. The molecule has 0 atom stereocenters. The summed E-state index contributed by atoms with van der Waals surface area (Å²) in [6.45, 7) is 0. The Morgan fingerprint density at radius 2 is 2.17 bits per heavy atom. The number of benzene rings is 1. The van der Waals surface area contributed by atoms with Crippen molar-refractivity contribution < 1.29 is 9.90 Å². The molecule has 0 spiro atoms. The van der Waals surface area contributed by atoms with Crippen molar-refractivity contribution in [3.8, 4) is 0 Å². The van der Waals surface area contributed by atoms with E-state index in [4.69, 9.17) is 5.11 Å². The molecule has 1 N–H and O–H groups in total. The third-order valence-electron chi connectivity index (χ3n) is 2.28. The average Bonchev–Trinajstić information content (AvgIpc) is 2.37. The Labute approximate surface area is 117 Å². The second-order valence-electron chi connectivity index (χ2n) is 3.56. The van der Waals surface area contributed by atoms with Crippen LogP contribution >= 0.6 is 27.7 Å². The third-order valence-corrected chi connectivity index (χ3v) is 3.82. The Bertz CT molecular complexity index is 574. The van der Waals surface area contributed by atoms with Crippen molar-refractivity contribution in [3.05, 3.63) is 58.3 Å². The topological polar surface area (TPSA) is 50.2 Å². The van der Waals surface area contributed by atoms with Crippen LogP contribution in [0.4, 0.5) is 0 Å². The van der Waals surface area contributed by atoms with Crippen molar-refractivity contribution in [1.29, 1.82) is 0 Å². The lowest BCUT2D eigenvalue weighted by Gasteiger charge is -2.05. The van der Waals surface area contributed by atoms with Crippen molar-refractivity contribution in [1.82, 2.24) is 4.98 Å². The van der Waals surface area contributed by atoms with Gasteiger partial charge in [-0.1, -0.05) is 28.1 Å². The van der Waals surface area contributed by atoms with Crippen molar-refractivity contribution in [2.45, 2.75) is 10.6 Å². The number of aromatic carboxylic acids is 1. The Kier molecular flexibility index (Phi) is 4.38. The SMILES string of the molecule is O=C(O)c1ncccc1CSc1cccc(Br)c1. The van der Waals surface area contributed by atoms with E-state index in [1.54, 1.807) is 23.9 Å². The molecule has 0 aliphatic rings. The fourth-order valence-electron chi connectivity index (χ4n) is 1.47. The first-order valence-electron chi connectivity index (χ1n) is 5.22. The molecule has 1 heterocycles. The van der Waals surface area contributed by atoms with Crippen LogP contribution < -0.4 is 0 Å². The molecule has 1 aromatic heterocycles. The maximum atomic E-state index is 11.0. The van der Waals surface area contributed by atoms with Crippen LogP contribution in [-0.4, -0.2) is 16.1 Å². The minimum absolute atomic E-state index is 0.125. The number of hydrogen-bond donors (Lipinski definition) is 1. The van der Waals surface area contributed by atoms with E-state index < -0.39 is 5.97 Å². The van der Waals surface area contributed by atoms with Crippen molar-refractivity contribution in [3.63, 3.8) is 0 Å². The zero-order valence-electron chi connectivity index (χ0n) is 9.34. The molecule has 2 rings (SSSR count). The van der Waals surface area contributed by atoms with Gasteiger partial charge in [0.2, 0.25) is 0 Å². The highest BCUT2D eigenvalue weighted by atomic mass is 79.9. The molecule has 2 aromatic rings. The number of nitrogens with zero attached hydrogens (tertiary/aromatic N) is 1. The first kappa shape index (κ1) is 13.1. The summed E-state index contributed by atoms with van der Waals surface area (Å²) in [5.74, 6) is -0.396. The van der Waals surface area contributed by atoms with Gasteiger partial charge in [-0.3, -0.25) is 0 Å². The molecular formula is C13H10BrNO2S. The molecule has 0 saturated carbocycles. The molecule has 0 fully saturated rings. The highest BCUT2D eigenvalue weighted by Crippen LogP contribution is 2.26. The first-order chi connectivity index (χ1) is 8.66. The second kappa shape index (κ2) is 6.02. The van der Waals surface area contributed by atoms with Crippen LogP contribution in [0.5, 0.6) is 0 Å². The van der Waals surface area contributed by atoms with Gasteiger partial charge >= 0.3 is 5.97 Å². The summed E-state index contributed by atoms with van der Waals surface area (Å²) >= 11 is 4.99. The van der Waals surface area contributed by atoms with Gasteiger partial charge in [-0.05, 0) is 29.8 Å². The summed E-state index contributed by atoms with van der Waals surface area (Å²) in [6, 6.07) is 11.4. The first-order valence-corrected chi connectivity index (χ1v) is 7.00. The molecule has 0 bridgehead atoms. The maximum absolute atomic E-state index is 11.0. The molecule has 0 aliphatic carbocycles. The van der Waals surface area contributed by atoms with Gasteiger partial charge in [0.05, 0.1) is 0 Å². The van der Waals surface area contributed by atoms with Gasteiger partial charge in [-0.2, -0.15) is 0 Å². The number of carboxylic acids is 1. The molecule has 0 aliphatic heterocycles. The lowest BCUT2D eigenvalue weighted by molar-refractivity contribution is 0.0689. The minimum atomic E-state index is -0.986. The Morgan fingerprint density at radius 3 is 2.89 bits per heavy atom. The molecule has 0 saturated heterocycles. The van der Waals surface area contributed by atoms with E-state index in [9.17, 15) is 4.79 Å². The van der Waals surface area contributed by atoms with Gasteiger partial charge in [-0.25, -0.2) is 9.78 Å². The normalized spacial score (nSPS) is 10.3. The van der Waals surface area contributed by atoms with E-state index in [0.29, 0.717) is 5.75 Å². The van der Waals surface area contributed by atoms with E-state index in [-0.39, 0.29) is 5.69 Å². The number of pyridine rings is 1. The minimum Gasteiger partial charge on any atom is -0.477 e. The molecule has 3 nitrogen and oxygen atoms in total. The van der Waals surface area contributed by atoms with Gasteiger partial charge in [0.15, 0.2) is 5.69 Å². The number of halogens is 1. The molecule has 0 radical (unpaired) electrons. The Hall–Kier alpha value is -1.33. The van der Waals surface area contributed by atoms with E-state index in [0.717, 1.165) is 14.9 Å². The van der Waals surface area contributed by atoms with Crippen LogP contribution in [0.1, 0.15) is 16.1 Å². The summed E-state index contributed by atoms with van der Waals surface area (Å²) in [5.41, 5.74) is 0.856. The molecule has 1 aromatic carbocycles. The average molecular weight is 324 g/mol. The quantitative estimate of drug-likeness (QED) is 0.868.